The Balaban J connectivity index is 2.45. The second kappa shape index (κ2) is 3.54. The zero-order valence-electron chi connectivity index (χ0n) is 7.69. The smallest absolute Gasteiger partial charge is 0.185 e. The van der Waals surface area contributed by atoms with Gasteiger partial charge in [0, 0.05) is 4.47 Å². The lowest BCUT2D eigenvalue weighted by Crippen LogP contribution is -2.33. The topological polar surface area (TPSA) is 43.1 Å². The molecule has 2 rings (SSSR count). The summed E-state index contributed by atoms with van der Waals surface area (Å²) in [5.74, 6) is -1.07. The van der Waals surface area contributed by atoms with Gasteiger partial charge in [0.2, 0.25) is 0 Å². The van der Waals surface area contributed by atoms with Crippen LogP contribution in [0.15, 0.2) is 16.6 Å². The predicted octanol–water partition coefficient (Wildman–Crippen LogP) is 2.92. The quantitative estimate of drug-likeness (QED) is 0.673. The number of benzene rings is 1. The minimum atomic E-state index is -0.863. The first kappa shape index (κ1) is 11.0. The molecule has 1 aromatic carbocycles. The summed E-state index contributed by atoms with van der Waals surface area (Å²) >= 11 is 8.76. The fourth-order valence-corrected chi connectivity index (χ4v) is 1.80. The Bertz CT molecular complexity index is 445. The van der Waals surface area contributed by atoms with E-state index in [1.165, 1.54) is 6.07 Å². The van der Waals surface area contributed by atoms with Crippen molar-refractivity contribution in [2.45, 2.75) is 18.4 Å². The standard InChI is InChI=1S/C10H8BrClFNO/c11-6-2-1-5(8(13)7(6)12)9(15)10(14)3-4-10/h1-2H,3-4,14H2. The van der Waals surface area contributed by atoms with Crippen molar-refractivity contribution in [2.75, 3.05) is 0 Å². The summed E-state index contributed by atoms with van der Waals surface area (Å²) < 4.78 is 14.1. The summed E-state index contributed by atoms with van der Waals surface area (Å²) in [7, 11) is 0. The first-order valence-electron chi connectivity index (χ1n) is 4.43. The zero-order chi connectivity index (χ0) is 11.2. The van der Waals surface area contributed by atoms with Gasteiger partial charge in [-0.25, -0.2) is 4.39 Å². The number of halogens is 3. The minimum absolute atomic E-state index is 0.0248. The Hall–Kier alpha value is -0.450. The third-order valence-electron chi connectivity index (χ3n) is 2.52. The molecule has 2 nitrogen and oxygen atoms in total. The van der Waals surface area contributed by atoms with Crippen LogP contribution in [0.25, 0.3) is 0 Å². The highest BCUT2D eigenvalue weighted by Crippen LogP contribution is 2.37. The van der Waals surface area contributed by atoms with Crippen molar-refractivity contribution in [2.24, 2.45) is 5.73 Å². The second-order valence-corrected chi connectivity index (χ2v) is 4.94. The first-order chi connectivity index (χ1) is 6.96. The van der Waals surface area contributed by atoms with Crippen LogP contribution in [0.1, 0.15) is 23.2 Å². The van der Waals surface area contributed by atoms with Crippen LogP contribution >= 0.6 is 27.5 Å². The minimum Gasteiger partial charge on any atom is -0.319 e. The summed E-state index contributed by atoms with van der Waals surface area (Å²) in [6.07, 6.45) is 1.22. The van der Waals surface area contributed by atoms with E-state index in [1.807, 2.05) is 0 Å². The van der Waals surface area contributed by atoms with Crippen LogP contribution in [0.2, 0.25) is 5.02 Å². The van der Waals surface area contributed by atoms with Crippen molar-refractivity contribution in [1.29, 1.82) is 0 Å². The summed E-state index contributed by atoms with van der Waals surface area (Å²) in [6, 6.07) is 2.95. The number of hydrogen-bond donors (Lipinski definition) is 1. The van der Waals surface area contributed by atoms with Gasteiger partial charge in [0.15, 0.2) is 11.6 Å². The predicted molar refractivity (Wildman–Crippen MR) is 59.6 cm³/mol. The highest BCUT2D eigenvalue weighted by atomic mass is 79.9. The Morgan fingerprint density at radius 1 is 1.53 bits per heavy atom. The Morgan fingerprint density at radius 3 is 2.67 bits per heavy atom. The molecule has 5 heteroatoms. The van der Waals surface area contributed by atoms with Gasteiger partial charge in [-0.1, -0.05) is 11.6 Å². The highest BCUT2D eigenvalue weighted by Gasteiger charge is 2.47. The molecule has 0 bridgehead atoms. The first-order valence-corrected chi connectivity index (χ1v) is 5.60. The number of carbonyl (C=O) groups excluding carboxylic acids is 1. The maximum absolute atomic E-state index is 13.6. The third kappa shape index (κ3) is 1.82. The SMILES string of the molecule is NC1(C(=O)c2ccc(Br)c(Cl)c2F)CC1. The van der Waals surface area contributed by atoms with Crippen LogP contribution in [-0.2, 0) is 0 Å². The number of hydrogen-bond acceptors (Lipinski definition) is 2. The van der Waals surface area contributed by atoms with Crippen LogP contribution in [0.5, 0.6) is 0 Å². The molecule has 1 fully saturated rings. The lowest BCUT2D eigenvalue weighted by Gasteiger charge is -2.09. The Morgan fingerprint density at radius 2 is 2.13 bits per heavy atom. The van der Waals surface area contributed by atoms with Gasteiger partial charge in [-0.15, -0.1) is 0 Å². The molecule has 80 valence electrons. The molecule has 0 heterocycles. The molecular formula is C10H8BrClFNO. The summed E-state index contributed by atoms with van der Waals surface area (Å²) in [4.78, 5) is 11.8. The summed E-state index contributed by atoms with van der Waals surface area (Å²) in [6.45, 7) is 0. The number of nitrogens with two attached hydrogens (primary N) is 1. The van der Waals surface area contributed by atoms with Crippen molar-refractivity contribution in [3.63, 3.8) is 0 Å². The van der Waals surface area contributed by atoms with Gasteiger partial charge in [-0.05, 0) is 40.9 Å². The number of carbonyl (C=O) groups is 1. The maximum atomic E-state index is 13.6. The molecule has 1 aromatic rings. The van der Waals surface area contributed by atoms with E-state index in [0.29, 0.717) is 17.3 Å². The Labute approximate surface area is 99.7 Å². The summed E-state index contributed by atoms with van der Waals surface area (Å²) in [5.41, 5.74) is 4.82. The van der Waals surface area contributed by atoms with Crippen LogP contribution in [0, 0.1) is 5.82 Å². The Kier molecular flexibility index (Phi) is 2.61. The normalized spacial score (nSPS) is 17.6. The van der Waals surface area contributed by atoms with Gasteiger partial charge in [-0.2, -0.15) is 0 Å². The summed E-state index contributed by atoms with van der Waals surface area (Å²) in [5, 5.41) is -0.0786. The molecule has 1 saturated carbocycles. The molecule has 15 heavy (non-hydrogen) atoms. The number of rotatable bonds is 2. The van der Waals surface area contributed by atoms with Crippen LogP contribution < -0.4 is 5.73 Å². The molecule has 2 N–H and O–H groups in total. The molecule has 0 saturated heterocycles. The molecule has 0 amide bonds. The monoisotopic (exact) mass is 291 g/mol. The van der Waals surface area contributed by atoms with Crippen LogP contribution in [0.3, 0.4) is 0 Å². The number of Topliss-reactive ketones (excluding diaryl/α,β-unsaturated/α-hetero) is 1. The van der Waals surface area contributed by atoms with E-state index in [0.717, 1.165) is 0 Å². The van der Waals surface area contributed by atoms with E-state index in [2.05, 4.69) is 15.9 Å². The van der Waals surface area contributed by atoms with Crippen molar-refractivity contribution in [3.05, 3.63) is 33.0 Å². The zero-order valence-corrected chi connectivity index (χ0v) is 10.0. The molecule has 0 spiro atoms. The van der Waals surface area contributed by atoms with E-state index in [-0.39, 0.29) is 16.4 Å². The van der Waals surface area contributed by atoms with Crippen LogP contribution in [-0.4, -0.2) is 11.3 Å². The number of ketones is 1. The molecule has 1 aliphatic carbocycles. The van der Waals surface area contributed by atoms with E-state index in [4.69, 9.17) is 17.3 Å². The van der Waals surface area contributed by atoms with E-state index in [9.17, 15) is 9.18 Å². The van der Waals surface area contributed by atoms with Crippen molar-refractivity contribution >= 4 is 33.3 Å². The third-order valence-corrected chi connectivity index (χ3v) is 3.78. The molecule has 0 atom stereocenters. The molecule has 0 unspecified atom stereocenters. The van der Waals surface area contributed by atoms with Gasteiger partial charge < -0.3 is 5.73 Å². The van der Waals surface area contributed by atoms with Gasteiger partial charge in [0.25, 0.3) is 0 Å². The molecule has 0 aliphatic heterocycles. The lowest BCUT2D eigenvalue weighted by atomic mass is 10.0. The van der Waals surface area contributed by atoms with E-state index < -0.39 is 11.4 Å². The van der Waals surface area contributed by atoms with E-state index in [1.54, 1.807) is 6.07 Å². The highest BCUT2D eigenvalue weighted by molar-refractivity contribution is 9.10. The van der Waals surface area contributed by atoms with Gasteiger partial charge >= 0.3 is 0 Å². The largest absolute Gasteiger partial charge is 0.319 e. The average molecular weight is 293 g/mol. The lowest BCUT2D eigenvalue weighted by molar-refractivity contribution is 0.0945. The van der Waals surface area contributed by atoms with E-state index >= 15 is 0 Å². The van der Waals surface area contributed by atoms with Gasteiger partial charge in [0.05, 0.1) is 16.1 Å². The fourth-order valence-electron chi connectivity index (χ4n) is 1.33. The molecular weight excluding hydrogens is 284 g/mol. The fraction of sp³-hybridized carbons (Fsp3) is 0.300. The second-order valence-electron chi connectivity index (χ2n) is 3.71. The molecule has 0 aromatic heterocycles. The molecule has 1 aliphatic rings. The maximum Gasteiger partial charge on any atom is 0.185 e. The average Bonchev–Trinajstić information content (AvgIpc) is 2.94. The van der Waals surface area contributed by atoms with Crippen LogP contribution in [0.4, 0.5) is 4.39 Å². The molecule has 0 radical (unpaired) electrons. The van der Waals surface area contributed by atoms with Crippen molar-refractivity contribution < 1.29 is 9.18 Å². The van der Waals surface area contributed by atoms with Gasteiger partial charge in [-0.3, -0.25) is 4.79 Å². The van der Waals surface area contributed by atoms with Gasteiger partial charge in [0.1, 0.15) is 0 Å². The van der Waals surface area contributed by atoms with Crippen molar-refractivity contribution in [3.8, 4) is 0 Å². The van der Waals surface area contributed by atoms with Crippen molar-refractivity contribution in [1.82, 2.24) is 0 Å².